The maximum atomic E-state index is 11.9. The molecule has 16 heavy (non-hydrogen) atoms. The third kappa shape index (κ3) is 3.07. The summed E-state index contributed by atoms with van der Waals surface area (Å²) in [7, 11) is 0. The van der Waals surface area contributed by atoms with Crippen LogP contribution in [0.3, 0.4) is 0 Å². The molecule has 0 aliphatic heterocycles. The highest BCUT2D eigenvalue weighted by Crippen LogP contribution is 2.36. The first-order valence-electron chi connectivity index (χ1n) is 6.95. The number of ketones is 1. The minimum absolute atomic E-state index is 0.158. The molecule has 0 amide bonds. The number of hydrogen-bond acceptors (Lipinski definition) is 2. The molecule has 1 unspecified atom stereocenters. The van der Waals surface area contributed by atoms with Gasteiger partial charge in [0.05, 0.1) is 5.60 Å². The maximum absolute atomic E-state index is 11.9. The van der Waals surface area contributed by atoms with E-state index in [4.69, 9.17) is 0 Å². The molecule has 2 nitrogen and oxygen atoms in total. The number of aliphatic hydroxyl groups is 1. The van der Waals surface area contributed by atoms with E-state index in [1.807, 2.05) is 0 Å². The van der Waals surface area contributed by atoms with Crippen molar-refractivity contribution in [2.45, 2.75) is 76.2 Å². The molecular formula is C14H24O2. The van der Waals surface area contributed by atoms with Crippen LogP contribution in [0.4, 0.5) is 0 Å². The summed E-state index contributed by atoms with van der Waals surface area (Å²) in [4.78, 5) is 11.9. The van der Waals surface area contributed by atoms with Crippen molar-refractivity contribution in [1.29, 1.82) is 0 Å². The lowest BCUT2D eigenvalue weighted by Gasteiger charge is -2.34. The predicted molar refractivity (Wildman–Crippen MR) is 64.2 cm³/mol. The molecule has 2 fully saturated rings. The molecule has 1 atom stereocenters. The Morgan fingerprint density at radius 2 is 1.75 bits per heavy atom. The predicted octanol–water partition coefficient (Wildman–Crippen LogP) is 3.22. The SMILES string of the molecule is O=C1CCCCCC1CC1(O)CCCCC1. The van der Waals surface area contributed by atoms with E-state index in [-0.39, 0.29) is 5.92 Å². The fraction of sp³-hybridized carbons (Fsp3) is 0.929. The van der Waals surface area contributed by atoms with E-state index in [9.17, 15) is 9.90 Å². The van der Waals surface area contributed by atoms with Crippen molar-refractivity contribution < 1.29 is 9.90 Å². The van der Waals surface area contributed by atoms with Crippen LogP contribution in [0.1, 0.15) is 70.6 Å². The molecule has 0 spiro atoms. The molecule has 0 radical (unpaired) electrons. The van der Waals surface area contributed by atoms with Gasteiger partial charge in [-0.15, -0.1) is 0 Å². The fourth-order valence-corrected chi connectivity index (χ4v) is 3.32. The minimum Gasteiger partial charge on any atom is -0.390 e. The summed E-state index contributed by atoms with van der Waals surface area (Å²) in [5.41, 5.74) is -0.511. The van der Waals surface area contributed by atoms with E-state index in [1.54, 1.807) is 0 Å². The Labute approximate surface area is 98.4 Å². The zero-order chi connectivity index (χ0) is 11.4. The Hall–Kier alpha value is -0.370. The number of Topliss-reactive ketones (excluding diaryl/α,β-unsaturated/α-hetero) is 1. The summed E-state index contributed by atoms with van der Waals surface area (Å²) in [5.74, 6) is 0.571. The van der Waals surface area contributed by atoms with E-state index < -0.39 is 5.60 Å². The van der Waals surface area contributed by atoms with Crippen LogP contribution in [-0.4, -0.2) is 16.5 Å². The van der Waals surface area contributed by atoms with Crippen LogP contribution in [0.5, 0.6) is 0 Å². The van der Waals surface area contributed by atoms with Gasteiger partial charge in [0.1, 0.15) is 5.78 Å². The van der Waals surface area contributed by atoms with Gasteiger partial charge in [0.25, 0.3) is 0 Å². The summed E-state index contributed by atoms with van der Waals surface area (Å²) in [6.07, 6.45) is 11.3. The lowest BCUT2D eigenvalue weighted by molar-refractivity contribution is -0.125. The van der Waals surface area contributed by atoms with Crippen LogP contribution in [0.2, 0.25) is 0 Å². The summed E-state index contributed by atoms with van der Waals surface area (Å²) < 4.78 is 0. The van der Waals surface area contributed by atoms with Crippen molar-refractivity contribution >= 4 is 5.78 Å². The Balaban J connectivity index is 1.93. The molecule has 2 aliphatic carbocycles. The van der Waals surface area contributed by atoms with Crippen molar-refractivity contribution in [2.24, 2.45) is 5.92 Å². The topological polar surface area (TPSA) is 37.3 Å². The second kappa shape index (κ2) is 5.31. The van der Waals surface area contributed by atoms with Gasteiger partial charge < -0.3 is 5.11 Å². The van der Waals surface area contributed by atoms with Crippen molar-refractivity contribution in [3.05, 3.63) is 0 Å². The molecule has 0 aromatic heterocycles. The Morgan fingerprint density at radius 3 is 2.50 bits per heavy atom. The normalized spacial score (nSPS) is 31.1. The van der Waals surface area contributed by atoms with Crippen molar-refractivity contribution in [2.75, 3.05) is 0 Å². The van der Waals surface area contributed by atoms with Gasteiger partial charge in [-0.2, -0.15) is 0 Å². The largest absolute Gasteiger partial charge is 0.390 e. The van der Waals surface area contributed by atoms with Crippen LogP contribution in [0, 0.1) is 5.92 Å². The number of carbonyl (C=O) groups excluding carboxylic acids is 1. The minimum atomic E-state index is -0.511. The average molecular weight is 224 g/mol. The van der Waals surface area contributed by atoms with Crippen molar-refractivity contribution in [3.8, 4) is 0 Å². The van der Waals surface area contributed by atoms with Crippen LogP contribution in [0.15, 0.2) is 0 Å². The first-order valence-corrected chi connectivity index (χ1v) is 6.95. The molecule has 0 heterocycles. The number of rotatable bonds is 2. The molecule has 0 bridgehead atoms. The summed E-state index contributed by atoms with van der Waals surface area (Å²) in [6, 6.07) is 0. The monoisotopic (exact) mass is 224 g/mol. The van der Waals surface area contributed by atoms with Crippen molar-refractivity contribution in [3.63, 3.8) is 0 Å². The lowest BCUT2D eigenvalue weighted by atomic mass is 9.76. The molecule has 0 aromatic carbocycles. The quantitative estimate of drug-likeness (QED) is 0.731. The first-order chi connectivity index (χ1) is 7.70. The standard InChI is InChI=1S/C14H24O2/c15-13-8-4-1-3-7-12(13)11-14(16)9-5-2-6-10-14/h12,16H,1-11H2. The zero-order valence-corrected chi connectivity index (χ0v) is 10.2. The van der Waals surface area contributed by atoms with Gasteiger partial charge in [-0.25, -0.2) is 0 Å². The molecule has 2 saturated carbocycles. The highest BCUT2D eigenvalue weighted by Gasteiger charge is 2.34. The lowest BCUT2D eigenvalue weighted by Crippen LogP contribution is -2.35. The highest BCUT2D eigenvalue weighted by atomic mass is 16.3. The molecule has 0 aromatic rings. The molecule has 92 valence electrons. The Kier molecular flexibility index (Phi) is 4.01. The summed E-state index contributed by atoms with van der Waals surface area (Å²) in [5, 5.41) is 10.5. The molecule has 2 rings (SSSR count). The Morgan fingerprint density at radius 1 is 1.06 bits per heavy atom. The molecular weight excluding hydrogens is 200 g/mol. The fourth-order valence-electron chi connectivity index (χ4n) is 3.32. The van der Waals surface area contributed by atoms with Crippen LogP contribution >= 0.6 is 0 Å². The van der Waals surface area contributed by atoms with Crippen LogP contribution in [0.25, 0.3) is 0 Å². The summed E-state index contributed by atoms with van der Waals surface area (Å²) >= 11 is 0. The van der Waals surface area contributed by atoms with Crippen LogP contribution < -0.4 is 0 Å². The number of carbonyl (C=O) groups is 1. The second-order valence-corrected chi connectivity index (χ2v) is 5.75. The molecule has 2 aliphatic rings. The van der Waals surface area contributed by atoms with E-state index in [0.29, 0.717) is 5.78 Å². The highest BCUT2D eigenvalue weighted by molar-refractivity contribution is 5.81. The third-order valence-corrected chi connectivity index (χ3v) is 4.34. The number of hydrogen-bond donors (Lipinski definition) is 1. The van der Waals surface area contributed by atoms with E-state index in [2.05, 4.69) is 0 Å². The van der Waals surface area contributed by atoms with Crippen molar-refractivity contribution in [1.82, 2.24) is 0 Å². The van der Waals surface area contributed by atoms with Gasteiger partial charge in [0.2, 0.25) is 0 Å². The molecule has 0 saturated heterocycles. The van der Waals surface area contributed by atoms with Gasteiger partial charge >= 0.3 is 0 Å². The average Bonchev–Trinajstić information content (AvgIpc) is 2.45. The van der Waals surface area contributed by atoms with Gasteiger partial charge in [-0.05, 0) is 32.1 Å². The molecule has 2 heteroatoms. The van der Waals surface area contributed by atoms with E-state index >= 15 is 0 Å². The first kappa shape index (κ1) is 12.1. The van der Waals surface area contributed by atoms with E-state index in [0.717, 1.165) is 51.4 Å². The van der Waals surface area contributed by atoms with Gasteiger partial charge in [-0.3, -0.25) is 4.79 Å². The van der Waals surface area contributed by atoms with Crippen LogP contribution in [-0.2, 0) is 4.79 Å². The summed E-state index contributed by atoms with van der Waals surface area (Å²) in [6.45, 7) is 0. The smallest absolute Gasteiger partial charge is 0.136 e. The van der Waals surface area contributed by atoms with Gasteiger partial charge in [0.15, 0.2) is 0 Å². The third-order valence-electron chi connectivity index (χ3n) is 4.34. The second-order valence-electron chi connectivity index (χ2n) is 5.75. The zero-order valence-electron chi connectivity index (χ0n) is 10.2. The maximum Gasteiger partial charge on any atom is 0.136 e. The van der Waals surface area contributed by atoms with Gasteiger partial charge in [-0.1, -0.05) is 32.1 Å². The van der Waals surface area contributed by atoms with E-state index in [1.165, 1.54) is 19.3 Å². The molecule has 1 N–H and O–H groups in total. The van der Waals surface area contributed by atoms with Gasteiger partial charge in [0, 0.05) is 12.3 Å². The Bertz CT molecular complexity index is 241.